The number of rotatable bonds is 9. The molecule has 0 aliphatic carbocycles. The monoisotopic (exact) mass is 376 g/mol. The van der Waals surface area contributed by atoms with Gasteiger partial charge in [-0.1, -0.05) is 0 Å². The molecule has 2 amide bonds. The zero-order valence-corrected chi connectivity index (χ0v) is 16.0. The Hall–Kier alpha value is -2.45. The van der Waals surface area contributed by atoms with Gasteiger partial charge in [0.1, 0.15) is 0 Å². The maximum absolute atomic E-state index is 11.5. The topological polar surface area (TPSA) is 92.3 Å². The van der Waals surface area contributed by atoms with Crippen LogP contribution < -0.4 is 16.0 Å². The number of amides is 2. The molecule has 7 nitrogen and oxygen atoms in total. The van der Waals surface area contributed by atoms with E-state index in [4.69, 9.17) is 4.74 Å². The van der Waals surface area contributed by atoms with E-state index in [0.29, 0.717) is 11.4 Å². The molecule has 0 atom stereocenters. The lowest BCUT2D eigenvalue weighted by atomic mass is 10.1. The molecule has 0 saturated carbocycles. The number of nitrogens with zero attached hydrogens (tertiary/aromatic N) is 1. The summed E-state index contributed by atoms with van der Waals surface area (Å²) < 4.78 is 5.31. The Kier molecular flexibility index (Phi) is 7.55. The van der Waals surface area contributed by atoms with Crippen molar-refractivity contribution in [2.45, 2.75) is 27.2 Å². The maximum Gasteiger partial charge on any atom is 0.221 e. The Morgan fingerprint density at radius 2 is 1.96 bits per heavy atom. The zero-order valence-electron chi connectivity index (χ0n) is 15.2. The van der Waals surface area contributed by atoms with Crippen LogP contribution in [0.25, 0.3) is 11.3 Å². The number of hydrogen-bond acceptors (Lipinski definition) is 6. The van der Waals surface area contributed by atoms with Crippen LogP contribution in [0.2, 0.25) is 0 Å². The van der Waals surface area contributed by atoms with Gasteiger partial charge in [-0.25, -0.2) is 4.98 Å². The zero-order chi connectivity index (χ0) is 18.9. The molecular formula is C18H24N4O3S. The average Bonchev–Trinajstić information content (AvgIpc) is 3.02. The number of carbonyl (C=O) groups is 2. The minimum atomic E-state index is -0.185. The van der Waals surface area contributed by atoms with Crippen molar-refractivity contribution in [1.82, 2.24) is 4.98 Å². The van der Waals surface area contributed by atoms with E-state index >= 15 is 0 Å². The second kappa shape index (κ2) is 9.88. The SMILES string of the molecule is CCOCCCNc1nc(-c2ccc(NC(C)=O)cc2NC(C)=O)cs1. The molecule has 2 rings (SSSR count). The Morgan fingerprint density at radius 3 is 2.65 bits per heavy atom. The van der Waals surface area contributed by atoms with Gasteiger partial charge in [-0.05, 0) is 31.5 Å². The molecular weight excluding hydrogens is 352 g/mol. The molecule has 1 aromatic carbocycles. The Balaban J connectivity index is 2.13. The highest BCUT2D eigenvalue weighted by molar-refractivity contribution is 7.14. The predicted octanol–water partition coefficient (Wildman–Crippen LogP) is 3.57. The molecule has 0 saturated heterocycles. The van der Waals surface area contributed by atoms with Crippen molar-refractivity contribution >= 4 is 39.7 Å². The van der Waals surface area contributed by atoms with Crippen LogP contribution >= 0.6 is 11.3 Å². The van der Waals surface area contributed by atoms with Crippen molar-refractivity contribution in [3.05, 3.63) is 23.6 Å². The molecule has 2 aromatic rings. The summed E-state index contributed by atoms with van der Waals surface area (Å²) in [7, 11) is 0. The molecule has 0 fully saturated rings. The molecule has 1 heterocycles. The van der Waals surface area contributed by atoms with Crippen LogP contribution in [0.5, 0.6) is 0 Å². The van der Waals surface area contributed by atoms with Crippen molar-refractivity contribution in [3.8, 4) is 11.3 Å². The molecule has 0 unspecified atom stereocenters. The van der Waals surface area contributed by atoms with Gasteiger partial charge in [-0.15, -0.1) is 11.3 Å². The van der Waals surface area contributed by atoms with Crippen molar-refractivity contribution in [1.29, 1.82) is 0 Å². The van der Waals surface area contributed by atoms with E-state index in [1.54, 1.807) is 12.1 Å². The number of nitrogens with one attached hydrogen (secondary N) is 3. The number of hydrogen-bond donors (Lipinski definition) is 3. The summed E-state index contributed by atoms with van der Waals surface area (Å²) in [5.41, 5.74) is 2.79. The molecule has 3 N–H and O–H groups in total. The highest BCUT2D eigenvalue weighted by atomic mass is 32.1. The predicted molar refractivity (Wildman–Crippen MR) is 106 cm³/mol. The van der Waals surface area contributed by atoms with Gasteiger partial charge in [-0.3, -0.25) is 9.59 Å². The van der Waals surface area contributed by atoms with Crippen LogP contribution in [0.4, 0.5) is 16.5 Å². The lowest BCUT2D eigenvalue weighted by molar-refractivity contribution is -0.115. The van der Waals surface area contributed by atoms with E-state index in [1.807, 2.05) is 18.4 Å². The molecule has 8 heteroatoms. The summed E-state index contributed by atoms with van der Waals surface area (Å²) in [5, 5.41) is 11.5. The van der Waals surface area contributed by atoms with Gasteiger partial charge < -0.3 is 20.7 Å². The van der Waals surface area contributed by atoms with E-state index in [2.05, 4.69) is 20.9 Å². The molecule has 0 aliphatic rings. The Bertz CT molecular complexity index is 761. The van der Waals surface area contributed by atoms with Crippen LogP contribution in [0.1, 0.15) is 27.2 Å². The number of carbonyl (C=O) groups excluding carboxylic acids is 2. The van der Waals surface area contributed by atoms with Crippen molar-refractivity contribution in [3.63, 3.8) is 0 Å². The molecule has 140 valence electrons. The maximum atomic E-state index is 11.5. The first kappa shape index (κ1) is 19.9. The summed E-state index contributed by atoms with van der Waals surface area (Å²) in [6.07, 6.45) is 0.908. The highest BCUT2D eigenvalue weighted by Gasteiger charge is 2.12. The van der Waals surface area contributed by atoms with Gasteiger partial charge >= 0.3 is 0 Å². The third kappa shape index (κ3) is 6.12. The summed E-state index contributed by atoms with van der Waals surface area (Å²) in [5.74, 6) is -0.352. The van der Waals surface area contributed by atoms with Crippen LogP contribution in [0.3, 0.4) is 0 Å². The van der Waals surface area contributed by atoms with Gasteiger partial charge in [0.15, 0.2) is 5.13 Å². The van der Waals surface area contributed by atoms with Gasteiger partial charge in [0, 0.05) is 50.2 Å². The first-order chi connectivity index (χ1) is 12.5. The largest absolute Gasteiger partial charge is 0.382 e. The normalized spacial score (nSPS) is 10.4. The lowest BCUT2D eigenvalue weighted by Gasteiger charge is -2.11. The number of ether oxygens (including phenoxy) is 1. The second-order valence-corrected chi connectivity index (χ2v) is 6.50. The smallest absolute Gasteiger partial charge is 0.221 e. The van der Waals surface area contributed by atoms with E-state index in [0.717, 1.165) is 42.6 Å². The van der Waals surface area contributed by atoms with E-state index in [-0.39, 0.29) is 11.8 Å². The summed E-state index contributed by atoms with van der Waals surface area (Å²) in [6, 6.07) is 5.35. The van der Waals surface area contributed by atoms with Crippen LogP contribution in [0.15, 0.2) is 23.6 Å². The number of anilines is 3. The van der Waals surface area contributed by atoms with Crippen LogP contribution in [-0.4, -0.2) is 36.6 Å². The molecule has 0 spiro atoms. The minimum Gasteiger partial charge on any atom is -0.382 e. The molecule has 1 aromatic heterocycles. The lowest BCUT2D eigenvalue weighted by Crippen LogP contribution is -2.10. The Labute approximate surface area is 157 Å². The fourth-order valence-electron chi connectivity index (χ4n) is 2.33. The molecule has 0 aliphatic heterocycles. The number of thiazole rings is 1. The highest BCUT2D eigenvalue weighted by Crippen LogP contribution is 2.33. The molecule has 0 bridgehead atoms. The number of aromatic nitrogens is 1. The quantitative estimate of drug-likeness (QED) is 0.582. The van der Waals surface area contributed by atoms with Crippen molar-refractivity contribution in [2.24, 2.45) is 0 Å². The summed E-state index contributed by atoms with van der Waals surface area (Å²) in [6.45, 7) is 7.09. The number of benzene rings is 1. The first-order valence-corrected chi connectivity index (χ1v) is 9.34. The second-order valence-electron chi connectivity index (χ2n) is 5.64. The average molecular weight is 376 g/mol. The fourth-order valence-corrected chi connectivity index (χ4v) is 3.07. The van der Waals surface area contributed by atoms with E-state index in [1.165, 1.54) is 25.2 Å². The van der Waals surface area contributed by atoms with Crippen LogP contribution in [0, 0.1) is 0 Å². The molecule has 26 heavy (non-hydrogen) atoms. The van der Waals surface area contributed by atoms with Gasteiger partial charge in [0.05, 0.1) is 11.4 Å². The van der Waals surface area contributed by atoms with Gasteiger partial charge in [-0.2, -0.15) is 0 Å². The first-order valence-electron chi connectivity index (χ1n) is 8.46. The minimum absolute atomic E-state index is 0.168. The van der Waals surface area contributed by atoms with E-state index in [9.17, 15) is 9.59 Å². The standard InChI is InChI=1S/C18H24N4O3S/c1-4-25-9-5-8-19-18-22-17(11-26-18)15-7-6-14(20-12(2)23)10-16(15)21-13(3)24/h6-7,10-11H,4-5,8-9H2,1-3H3,(H,19,22)(H,20,23)(H,21,24). The van der Waals surface area contributed by atoms with Crippen LogP contribution in [-0.2, 0) is 14.3 Å². The fraction of sp³-hybridized carbons (Fsp3) is 0.389. The van der Waals surface area contributed by atoms with Gasteiger partial charge in [0.25, 0.3) is 0 Å². The Morgan fingerprint density at radius 1 is 1.19 bits per heavy atom. The van der Waals surface area contributed by atoms with Crippen molar-refractivity contribution < 1.29 is 14.3 Å². The summed E-state index contributed by atoms with van der Waals surface area (Å²) >= 11 is 1.51. The third-order valence-electron chi connectivity index (χ3n) is 3.38. The van der Waals surface area contributed by atoms with E-state index < -0.39 is 0 Å². The molecule has 0 radical (unpaired) electrons. The summed E-state index contributed by atoms with van der Waals surface area (Å²) in [4.78, 5) is 27.4. The van der Waals surface area contributed by atoms with Gasteiger partial charge in [0.2, 0.25) is 11.8 Å². The third-order valence-corrected chi connectivity index (χ3v) is 4.18. The van der Waals surface area contributed by atoms with Crippen molar-refractivity contribution in [2.75, 3.05) is 35.7 Å².